The Labute approximate surface area is 245 Å². The first-order chi connectivity index (χ1) is 20.8. The largest absolute Gasteiger partial charge is 0.376 e. The Morgan fingerprint density at radius 3 is 2.60 bits per heavy atom. The van der Waals surface area contributed by atoms with E-state index in [-0.39, 0.29) is 35.6 Å². The number of likely N-dealkylation sites (tertiary alicyclic amines) is 1. The lowest BCUT2D eigenvalue weighted by Gasteiger charge is -2.24. The smallest absolute Gasteiger partial charge is 0.330 e. The highest BCUT2D eigenvalue weighted by molar-refractivity contribution is 6.05. The van der Waals surface area contributed by atoms with Gasteiger partial charge in [-0.3, -0.25) is 28.8 Å². The summed E-state index contributed by atoms with van der Waals surface area (Å²) >= 11 is 0. The van der Waals surface area contributed by atoms with E-state index in [1.807, 2.05) is 6.92 Å². The molecule has 1 aliphatic heterocycles. The number of pyridine rings is 2. The van der Waals surface area contributed by atoms with Crippen LogP contribution in [0.25, 0.3) is 11.2 Å². The Bertz CT molecular complexity index is 1710. The standard InChI is InChI=1S/C29H33FN8O5/c1-3-11-38-26-25(27(40)35-29(38)42)33-22(34-26)15-20(43-2)18-8-10-23(32-16-18)37(14-5-13-36-12-4-6-24(36)39)28(41)19-7-9-21(30)31-17-19/h7-10,16-17,20H,3-6,11-15H2,1-2H3,(H,33,34)(H,35,40,42)/t20-/m0/s1. The van der Waals surface area contributed by atoms with E-state index in [0.29, 0.717) is 56.1 Å². The van der Waals surface area contributed by atoms with E-state index in [0.717, 1.165) is 12.5 Å². The van der Waals surface area contributed by atoms with Crippen LogP contribution in [0.15, 0.2) is 46.2 Å². The molecule has 226 valence electrons. The summed E-state index contributed by atoms with van der Waals surface area (Å²) in [5.41, 5.74) is 0.357. The number of nitrogens with zero attached hydrogens (tertiary/aromatic N) is 6. The molecule has 0 radical (unpaired) electrons. The van der Waals surface area contributed by atoms with E-state index in [4.69, 9.17) is 4.74 Å². The molecule has 1 saturated heterocycles. The second-order valence-electron chi connectivity index (χ2n) is 10.3. The van der Waals surface area contributed by atoms with Crippen LogP contribution in [0, 0.1) is 5.95 Å². The number of H-pyrrole nitrogens is 2. The zero-order valence-electron chi connectivity index (χ0n) is 24.0. The fraction of sp³-hybridized carbons (Fsp3) is 0.414. The van der Waals surface area contributed by atoms with Gasteiger partial charge in [-0.2, -0.15) is 4.39 Å². The van der Waals surface area contributed by atoms with Gasteiger partial charge in [0.05, 0.1) is 11.7 Å². The number of carbonyl (C=O) groups excluding carboxylic acids is 2. The zero-order chi connectivity index (χ0) is 30.5. The molecule has 5 rings (SSSR count). The van der Waals surface area contributed by atoms with Crippen LogP contribution in [-0.2, 0) is 22.5 Å². The Balaban J connectivity index is 1.36. The Hall–Kier alpha value is -4.72. The van der Waals surface area contributed by atoms with E-state index in [2.05, 4.69) is 24.9 Å². The van der Waals surface area contributed by atoms with E-state index in [1.54, 1.807) is 23.2 Å². The number of imidazole rings is 1. The van der Waals surface area contributed by atoms with Crippen LogP contribution in [-0.4, -0.2) is 72.9 Å². The van der Waals surface area contributed by atoms with Crippen LogP contribution >= 0.6 is 0 Å². The fourth-order valence-corrected chi connectivity index (χ4v) is 5.22. The van der Waals surface area contributed by atoms with Gasteiger partial charge in [-0.15, -0.1) is 0 Å². The summed E-state index contributed by atoms with van der Waals surface area (Å²) in [6.45, 7) is 3.84. The number of hydrogen-bond donors (Lipinski definition) is 2. The minimum atomic E-state index is -0.688. The molecule has 0 aliphatic carbocycles. The van der Waals surface area contributed by atoms with E-state index < -0.39 is 29.2 Å². The van der Waals surface area contributed by atoms with E-state index >= 15 is 0 Å². The maximum absolute atomic E-state index is 13.4. The number of anilines is 1. The molecule has 2 amide bonds. The van der Waals surface area contributed by atoms with Gasteiger partial charge in [-0.25, -0.2) is 19.7 Å². The number of ether oxygens (including phenoxy) is 1. The van der Waals surface area contributed by atoms with Gasteiger partial charge in [0.15, 0.2) is 5.65 Å². The normalized spacial score (nSPS) is 14.0. The first-order valence-electron chi connectivity index (χ1n) is 14.2. The van der Waals surface area contributed by atoms with Crippen molar-refractivity contribution in [3.63, 3.8) is 0 Å². The number of aryl methyl sites for hydroxylation is 1. The molecule has 4 aromatic heterocycles. The van der Waals surface area contributed by atoms with Gasteiger partial charge >= 0.3 is 5.69 Å². The summed E-state index contributed by atoms with van der Waals surface area (Å²) in [5.74, 6) is -0.138. The Morgan fingerprint density at radius 1 is 1.12 bits per heavy atom. The highest BCUT2D eigenvalue weighted by Gasteiger charge is 2.24. The topological polar surface area (TPSA) is 159 Å². The van der Waals surface area contributed by atoms with Crippen LogP contribution in [0.3, 0.4) is 0 Å². The van der Waals surface area contributed by atoms with Crippen molar-refractivity contribution in [2.24, 2.45) is 0 Å². The average molecular weight is 593 g/mol. The van der Waals surface area contributed by atoms with Crippen molar-refractivity contribution in [2.45, 2.75) is 51.7 Å². The van der Waals surface area contributed by atoms with E-state index in [9.17, 15) is 23.6 Å². The molecule has 0 unspecified atom stereocenters. The van der Waals surface area contributed by atoms with Gasteiger partial charge in [0.2, 0.25) is 11.9 Å². The van der Waals surface area contributed by atoms with Crippen molar-refractivity contribution in [1.29, 1.82) is 0 Å². The Morgan fingerprint density at radius 2 is 1.95 bits per heavy atom. The van der Waals surface area contributed by atoms with Crippen molar-refractivity contribution >= 4 is 28.8 Å². The third-order valence-electron chi connectivity index (χ3n) is 7.41. The van der Waals surface area contributed by atoms with Gasteiger partial charge in [-0.05, 0) is 43.0 Å². The third kappa shape index (κ3) is 6.53. The summed E-state index contributed by atoms with van der Waals surface area (Å²) < 4.78 is 20.6. The van der Waals surface area contributed by atoms with Gasteiger partial charge in [0.25, 0.3) is 11.5 Å². The number of hydrogen-bond acceptors (Lipinski definition) is 8. The van der Waals surface area contributed by atoms with Crippen LogP contribution < -0.4 is 16.1 Å². The minimum Gasteiger partial charge on any atom is -0.376 e. The molecule has 1 fully saturated rings. The van der Waals surface area contributed by atoms with E-state index in [1.165, 1.54) is 28.8 Å². The third-order valence-corrected chi connectivity index (χ3v) is 7.41. The number of aromatic amines is 2. The number of halogens is 1. The first-order valence-corrected chi connectivity index (χ1v) is 14.2. The number of carbonyl (C=O) groups is 2. The Kier molecular flexibility index (Phi) is 9.04. The zero-order valence-corrected chi connectivity index (χ0v) is 24.0. The molecule has 4 aromatic rings. The first kappa shape index (κ1) is 29.8. The highest BCUT2D eigenvalue weighted by Crippen LogP contribution is 2.24. The van der Waals surface area contributed by atoms with Crippen LogP contribution in [0.5, 0.6) is 0 Å². The maximum atomic E-state index is 13.4. The molecule has 1 aliphatic rings. The number of amides is 2. The molecule has 14 heteroatoms. The quantitative estimate of drug-likeness (QED) is 0.237. The predicted octanol–water partition coefficient (Wildman–Crippen LogP) is 2.34. The van der Waals surface area contributed by atoms with Gasteiger partial charge in [0.1, 0.15) is 17.2 Å². The van der Waals surface area contributed by atoms with Crippen molar-refractivity contribution < 1.29 is 18.7 Å². The molecule has 13 nitrogen and oxygen atoms in total. The summed E-state index contributed by atoms with van der Waals surface area (Å²) in [6.07, 6.45) is 5.13. The van der Waals surface area contributed by atoms with Crippen LogP contribution in [0.1, 0.15) is 60.5 Å². The van der Waals surface area contributed by atoms with Crippen molar-refractivity contribution in [3.05, 3.63) is 80.4 Å². The second-order valence-corrected chi connectivity index (χ2v) is 10.3. The molecule has 2 N–H and O–H groups in total. The van der Waals surface area contributed by atoms with Crippen molar-refractivity contribution in [1.82, 2.24) is 34.4 Å². The lowest BCUT2D eigenvalue weighted by atomic mass is 10.1. The number of fused-ring (bicyclic) bond motifs is 1. The van der Waals surface area contributed by atoms with Gasteiger partial charge < -0.3 is 14.6 Å². The number of rotatable bonds is 12. The maximum Gasteiger partial charge on any atom is 0.330 e. The number of nitrogens with one attached hydrogen (secondary N) is 2. The van der Waals surface area contributed by atoms with Crippen molar-refractivity contribution in [3.8, 4) is 0 Å². The molecular formula is C29H33FN8O5. The lowest BCUT2D eigenvalue weighted by Crippen LogP contribution is -2.35. The van der Waals surface area contributed by atoms with Gasteiger partial charge in [-0.1, -0.05) is 13.0 Å². The molecule has 5 heterocycles. The highest BCUT2D eigenvalue weighted by atomic mass is 19.1. The molecule has 0 saturated carbocycles. The summed E-state index contributed by atoms with van der Waals surface area (Å²) in [5, 5.41) is 0. The number of methoxy groups -OCH3 is 1. The summed E-state index contributed by atoms with van der Waals surface area (Å²) in [7, 11) is 1.54. The molecule has 1 atom stereocenters. The summed E-state index contributed by atoms with van der Waals surface area (Å²) in [4.78, 5) is 71.4. The lowest BCUT2D eigenvalue weighted by molar-refractivity contribution is -0.127. The molecular weight excluding hydrogens is 559 g/mol. The molecule has 0 aromatic carbocycles. The second kappa shape index (κ2) is 13.1. The average Bonchev–Trinajstić information content (AvgIpc) is 3.62. The number of aromatic nitrogens is 6. The SMILES string of the molecule is CCCn1c(=O)[nH]c(=O)c2[nH]c(C[C@H](OC)c3ccc(N(CCCN4CCCC4=O)C(=O)c4ccc(F)nc4)nc3)nc21. The van der Waals surface area contributed by atoms with Crippen LogP contribution in [0.4, 0.5) is 10.2 Å². The molecule has 0 bridgehead atoms. The minimum absolute atomic E-state index is 0.108. The van der Waals surface area contributed by atoms with Crippen molar-refractivity contribution in [2.75, 3.05) is 31.6 Å². The van der Waals surface area contributed by atoms with Gasteiger partial charge in [0, 0.05) is 58.5 Å². The molecule has 43 heavy (non-hydrogen) atoms. The predicted molar refractivity (Wildman–Crippen MR) is 155 cm³/mol. The fourth-order valence-electron chi connectivity index (χ4n) is 5.22. The monoisotopic (exact) mass is 592 g/mol. The summed E-state index contributed by atoms with van der Waals surface area (Å²) in [6, 6.07) is 5.97. The molecule has 0 spiro atoms. The van der Waals surface area contributed by atoms with Crippen LogP contribution in [0.2, 0.25) is 0 Å².